The van der Waals surface area contributed by atoms with Crippen LogP contribution in [0.2, 0.25) is 0 Å². The van der Waals surface area contributed by atoms with Gasteiger partial charge in [0.2, 0.25) is 0 Å². The number of carbonyl (C=O) groups excluding carboxylic acids is 1. The second-order valence-electron chi connectivity index (χ2n) is 11.1. The SMILES string of the molecule is NC1(c2ncc(-c3cc4c5c(nn4cn3)C3CC5c4c(OC(F)F)cccc4C(=O)N3C3CC3)cn2)CCC1. The van der Waals surface area contributed by atoms with Gasteiger partial charge in [0.15, 0.2) is 0 Å². The van der Waals surface area contributed by atoms with Crippen LogP contribution in [-0.4, -0.2) is 48.0 Å². The highest BCUT2D eigenvalue weighted by atomic mass is 19.3. The van der Waals surface area contributed by atoms with E-state index in [0.717, 1.165) is 54.4 Å². The highest BCUT2D eigenvalue weighted by Gasteiger charge is 2.50. The molecule has 3 aromatic heterocycles. The summed E-state index contributed by atoms with van der Waals surface area (Å²) in [6.45, 7) is -3.00. The minimum absolute atomic E-state index is 0.0365. The van der Waals surface area contributed by atoms with Gasteiger partial charge in [0, 0.05) is 46.6 Å². The Kier molecular flexibility index (Phi) is 4.71. The van der Waals surface area contributed by atoms with Crippen molar-refractivity contribution in [3.63, 3.8) is 0 Å². The van der Waals surface area contributed by atoms with Crippen LogP contribution in [-0.2, 0) is 5.54 Å². The molecular weight excluding hydrogens is 504 g/mol. The van der Waals surface area contributed by atoms with E-state index in [1.165, 1.54) is 6.07 Å². The first-order chi connectivity index (χ1) is 18.9. The van der Waals surface area contributed by atoms with Crippen molar-refractivity contribution in [1.29, 1.82) is 0 Å². The number of amides is 1. The molecular formula is C28H25F2N7O2. The first-order valence-corrected chi connectivity index (χ1v) is 13.3. The van der Waals surface area contributed by atoms with Crippen LogP contribution in [0, 0.1) is 0 Å². The van der Waals surface area contributed by atoms with Crippen molar-refractivity contribution < 1.29 is 18.3 Å². The summed E-state index contributed by atoms with van der Waals surface area (Å²) in [5.41, 5.74) is 10.8. The number of hydrogen-bond donors (Lipinski definition) is 1. The quantitative estimate of drug-likeness (QED) is 0.410. The average molecular weight is 530 g/mol. The molecule has 1 aromatic carbocycles. The van der Waals surface area contributed by atoms with Crippen LogP contribution in [0.15, 0.2) is 43.0 Å². The van der Waals surface area contributed by atoms with Gasteiger partial charge in [-0.05, 0) is 56.7 Å². The van der Waals surface area contributed by atoms with Gasteiger partial charge < -0.3 is 15.4 Å². The minimum Gasteiger partial charge on any atom is -0.434 e. The van der Waals surface area contributed by atoms with Gasteiger partial charge in [0.1, 0.15) is 17.9 Å². The van der Waals surface area contributed by atoms with E-state index in [0.29, 0.717) is 29.1 Å². The highest BCUT2D eigenvalue weighted by molar-refractivity contribution is 5.99. The molecule has 1 aliphatic heterocycles. The monoisotopic (exact) mass is 529 g/mol. The van der Waals surface area contributed by atoms with E-state index in [1.54, 1.807) is 35.4 Å². The summed E-state index contributed by atoms with van der Waals surface area (Å²) < 4.78 is 33.6. The second-order valence-corrected chi connectivity index (χ2v) is 11.1. The molecule has 4 aromatic rings. The third-order valence-electron chi connectivity index (χ3n) is 8.73. The summed E-state index contributed by atoms with van der Waals surface area (Å²) in [5.74, 6) is 0.198. The number of halogens is 2. The van der Waals surface area contributed by atoms with Crippen LogP contribution in [0.4, 0.5) is 8.78 Å². The number of aromatic nitrogens is 5. The van der Waals surface area contributed by atoms with Gasteiger partial charge in [0.25, 0.3) is 5.91 Å². The molecule has 8 rings (SSSR count). The first-order valence-electron chi connectivity index (χ1n) is 13.3. The summed E-state index contributed by atoms with van der Waals surface area (Å²) >= 11 is 0. The Hall–Kier alpha value is -3.99. The summed E-state index contributed by atoms with van der Waals surface area (Å²) in [5, 5.41) is 4.86. The summed E-state index contributed by atoms with van der Waals surface area (Å²) in [4.78, 5) is 29.3. The molecule has 3 aliphatic carbocycles. The average Bonchev–Trinajstić information content (AvgIpc) is 3.61. The summed E-state index contributed by atoms with van der Waals surface area (Å²) in [6.07, 6.45) is 10.4. The topological polar surface area (TPSA) is 112 Å². The zero-order valence-corrected chi connectivity index (χ0v) is 20.9. The highest BCUT2D eigenvalue weighted by Crippen LogP contribution is 2.55. The van der Waals surface area contributed by atoms with E-state index in [2.05, 4.69) is 15.0 Å². The molecule has 2 unspecified atom stereocenters. The maximum Gasteiger partial charge on any atom is 0.387 e. The molecule has 4 aliphatic rings. The van der Waals surface area contributed by atoms with E-state index < -0.39 is 12.2 Å². The summed E-state index contributed by atoms with van der Waals surface area (Å²) in [7, 11) is 0. The lowest BCUT2D eigenvalue weighted by Gasteiger charge is -2.36. The molecule has 2 atom stereocenters. The van der Waals surface area contributed by atoms with Crippen LogP contribution in [0.25, 0.3) is 16.8 Å². The molecule has 0 radical (unpaired) electrons. The Morgan fingerprint density at radius 1 is 1.10 bits per heavy atom. The van der Waals surface area contributed by atoms with Crippen molar-refractivity contribution in [2.75, 3.05) is 0 Å². The fourth-order valence-corrected chi connectivity index (χ4v) is 6.56. The zero-order valence-electron chi connectivity index (χ0n) is 20.9. The van der Waals surface area contributed by atoms with E-state index in [-0.39, 0.29) is 29.7 Å². The lowest BCUT2D eigenvalue weighted by atomic mass is 9.77. The molecule has 1 amide bonds. The number of nitrogens with zero attached hydrogens (tertiary/aromatic N) is 6. The van der Waals surface area contributed by atoms with Crippen LogP contribution >= 0.6 is 0 Å². The van der Waals surface area contributed by atoms with Gasteiger partial charge in [-0.3, -0.25) is 4.79 Å². The Morgan fingerprint density at radius 3 is 2.59 bits per heavy atom. The minimum atomic E-state index is -3.00. The van der Waals surface area contributed by atoms with Crippen molar-refractivity contribution in [2.24, 2.45) is 5.73 Å². The van der Waals surface area contributed by atoms with Crippen LogP contribution < -0.4 is 10.5 Å². The van der Waals surface area contributed by atoms with E-state index in [1.807, 2.05) is 11.0 Å². The van der Waals surface area contributed by atoms with E-state index >= 15 is 0 Å². The third kappa shape index (κ3) is 3.35. The van der Waals surface area contributed by atoms with Crippen LogP contribution in [0.3, 0.4) is 0 Å². The smallest absolute Gasteiger partial charge is 0.387 e. The van der Waals surface area contributed by atoms with Gasteiger partial charge >= 0.3 is 6.61 Å². The van der Waals surface area contributed by atoms with Crippen molar-refractivity contribution in [3.8, 4) is 17.0 Å². The lowest BCUT2D eigenvalue weighted by Crippen LogP contribution is -2.44. The maximum absolute atomic E-state index is 13.7. The van der Waals surface area contributed by atoms with Crippen molar-refractivity contribution in [3.05, 3.63) is 71.2 Å². The van der Waals surface area contributed by atoms with Gasteiger partial charge in [-0.2, -0.15) is 13.9 Å². The number of alkyl halides is 2. The van der Waals surface area contributed by atoms with Gasteiger partial charge in [0.05, 0.1) is 28.5 Å². The number of fused-ring (bicyclic) bond motifs is 9. The molecule has 2 bridgehead atoms. The largest absolute Gasteiger partial charge is 0.434 e. The number of ether oxygens (including phenoxy) is 1. The third-order valence-corrected chi connectivity index (χ3v) is 8.73. The Bertz CT molecular complexity index is 1650. The molecule has 2 saturated carbocycles. The van der Waals surface area contributed by atoms with E-state index in [4.69, 9.17) is 15.6 Å². The number of hydrogen-bond acceptors (Lipinski definition) is 7. The Labute approximate surface area is 222 Å². The molecule has 0 saturated heterocycles. The number of nitrogens with two attached hydrogens (primary N) is 1. The van der Waals surface area contributed by atoms with Crippen LogP contribution in [0.1, 0.15) is 83.5 Å². The van der Waals surface area contributed by atoms with E-state index in [9.17, 15) is 13.6 Å². The Morgan fingerprint density at radius 2 is 1.90 bits per heavy atom. The molecule has 11 heteroatoms. The second kappa shape index (κ2) is 8.01. The molecule has 2 fully saturated rings. The van der Waals surface area contributed by atoms with Gasteiger partial charge in [-0.15, -0.1) is 0 Å². The predicted molar refractivity (Wildman–Crippen MR) is 135 cm³/mol. The van der Waals surface area contributed by atoms with Crippen molar-refractivity contribution >= 4 is 11.4 Å². The predicted octanol–water partition coefficient (Wildman–Crippen LogP) is 4.32. The van der Waals surface area contributed by atoms with Crippen molar-refractivity contribution in [2.45, 2.75) is 68.7 Å². The first kappa shape index (κ1) is 22.9. The molecule has 2 N–H and O–H groups in total. The number of benzene rings is 1. The number of rotatable bonds is 5. The molecule has 0 spiro atoms. The lowest BCUT2D eigenvalue weighted by molar-refractivity contribution is -0.0505. The maximum atomic E-state index is 13.7. The van der Waals surface area contributed by atoms with Gasteiger partial charge in [-0.1, -0.05) is 6.07 Å². The standard InChI is InChI=1S/C28H25F2N7O2/c29-27(30)39-21-4-1-3-16-22(21)17-9-20(37(25(16)38)15-5-6-15)24-23(17)19-10-18(34-13-36(19)35-24)14-11-32-26(33-12-14)28(31)7-2-8-28/h1,3-4,10-13,15,17,20,27H,2,5-9,31H2. The zero-order chi connectivity index (χ0) is 26.5. The Balaban J connectivity index is 1.28. The molecule has 4 heterocycles. The van der Waals surface area contributed by atoms with Crippen molar-refractivity contribution in [1.82, 2.24) is 29.5 Å². The van der Waals surface area contributed by atoms with Crippen LogP contribution in [0.5, 0.6) is 5.75 Å². The molecule has 9 nitrogen and oxygen atoms in total. The fourth-order valence-electron chi connectivity index (χ4n) is 6.56. The molecule has 198 valence electrons. The van der Waals surface area contributed by atoms with Gasteiger partial charge in [-0.25, -0.2) is 19.5 Å². The number of carbonyl (C=O) groups is 1. The normalized spacial score (nSPS) is 23.0. The summed E-state index contributed by atoms with van der Waals surface area (Å²) in [6, 6.07) is 6.65. The fraction of sp³-hybridized carbons (Fsp3) is 0.393. The molecule has 39 heavy (non-hydrogen) atoms.